The number of halogens is 1. The Morgan fingerprint density at radius 2 is 2.33 bits per heavy atom. The zero-order valence-corrected chi connectivity index (χ0v) is 9.04. The quantitative estimate of drug-likeness (QED) is 0.802. The van der Waals surface area contributed by atoms with Crippen molar-refractivity contribution < 1.29 is 14.6 Å². The van der Waals surface area contributed by atoms with Gasteiger partial charge >= 0.3 is 0 Å². The number of hydrogen-bond donors (Lipinski definition) is 1. The second kappa shape index (κ2) is 4.84. The van der Waals surface area contributed by atoms with Crippen molar-refractivity contribution in [2.24, 2.45) is 0 Å². The highest BCUT2D eigenvalue weighted by Gasteiger charge is 2.10. The van der Waals surface area contributed by atoms with Gasteiger partial charge in [0.2, 0.25) is 0 Å². The van der Waals surface area contributed by atoms with Gasteiger partial charge in [0, 0.05) is 17.5 Å². The summed E-state index contributed by atoms with van der Waals surface area (Å²) < 4.78 is 4.91. The Morgan fingerprint density at radius 1 is 1.67 bits per heavy atom. The van der Waals surface area contributed by atoms with Crippen LogP contribution in [0.5, 0.6) is 11.5 Å². The summed E-state index contributed by atoms with van der Waals surface area (Å²) in [5.41, 5.74) is 0.608. The Kier molecular flexibility index (Phi) is 3.74. The van der Waals surface area contributed by atoms with E-state index in [-0.39, 0.29) is 18.0 Å². The van der Waals surface area contributed by atoms with Crippen LogP contribution in [0.2, 0.25) is 5.02 Å². The summed E-state index contributed by atoms with van der Waals surface area (Å²) >= 11 is 5.86. The first kappa shape index (κ1) is 11.6. The maximum atomic E-state index is 11.1. The molecule has 4 heteroatoms. The monoisotopic (exact) mass is 226 g/mol. The molecule has 0 unspecified atom stereocenters. The largest absolute Gasteiger partial charge is 0.504 e. The van der Waals surface area contributed by atoms with Crippen LogP contribution >= 0.6 is 11.6 Å². The predicted molar refractivity (Wildman–Crippen MR) is 58.6 cm³/mol. The van der Waals surface area contributed by atoms with Crippen LogP contribution in [0, 0.1) is 0 Å². The summed E-state index contributed by atoms with van der Waals surface area (Å²) in [7, 11) is 1.43. The molecule has 0 fully saturated rings. The smallest absolute Gasteiger partial charge is 0.160 e. The van der Waals surface area contributed by atoms with Gasteiger partial charge in [-0.1, -0.05) is 18.2 Å². The fourth-order valence-corrected chi connectivity index (χ4v) is 1.37. The third kappa shape index (κ3) is 2.73. The zero-order valence-electron chi connectivity index (χ0n) is 8.29. The van der Waals surface area contributed by atoms with Gasteiger partial charge in [-0.05, 0) is 17.7 Å². The van der Waals surface area contributed by atoms with Gasteiger partial charge in [-0.25, -0.2) is 0 Å². The minimum Gasteiger partial charge on any atom is -0.504 e. The number of aromatic hydroxyl groups is 1. The van der Waals surface area contributed by atoms with E-state index in [0.717, 1.165) is 0 Å². The van der Waals surface area contributed by atoms with Crippen molar-refractivity contribution in [2.75, 3.05) is 7.11 Å². The maximum Gasteiger partial charge on any atom is 0.160 e. The van der Waals surface area contributed by atoms with Crippen LogP contribution in [0.25, 0.3) is 0 Å². The lowest BCUT2D eigenvalue weighted by molar-refractivity contribution is -0.114. The molecular formula is C11H11ClO3. The van der Waals surface area contributed by atoms with Gasteiger partial charge in [0.05, 0.1) is 7.11 Å². The standard InChI is InChI=1S/C11H11ClO3/c1-3-8(13)4-7-5-11(15-2)10(14)6-9(7)12/h3,5-6,14H,1,4H2,2H3. The first-order valence-electron chi connectivity index (χ1n) is 4.29. The lowest BCUT2D eigenvalue weighted by Gasteiger charge is -2.07. The molecule has 0 aliphatic heterocycles. The Balaban J connectivity index is 3.07. The summed E-state index contributed by atoms with van der Waals surface area (Å²) in [5, 5.41) is 9.73. The molecule has 0 saturated heterocycles. The zero-order chi connectivity index (χ0) is 11.4. The van der Waals surface area contributed by atoms with E-state index >= 15 is 0 Å². The van der Waals surface area contributed by atoms with Crippen LogP contribution in [-0.4, -0.2) is 18.0 Å². The Morgan fingerprint density at radius 3 is 2.87 bits per heavy atom. The number of hydrogen-bond acceptors (Lipinski definition) is 3. The van der Waals surface area contributed by atoms with Gasteiger partial charge in [-0.3, -0.25) is 4.79 Å². The Labute approximate surface area is 92.9 Å². The van der Waals surface area contributed by atoms with Crippen molar-refractivity contribution in [3.8, 4) is 11.5 Å². The van der Waals surface area contributed by atoms with Gasteiger partial charge in [-0.2, -0.15) is 0 Å². The lowest BCUT2D eigenvalue weighted by atomic mass is 10.1. The molecule has 0 saturated carbocycles. The number of allylic oxidation sites excluding steroid dienone is 1. The number of ether oxygens (including phenoxy) is 1. The van der Waals surface area contributed by atoms with Crippen LogP contribution in [0.3, 0.4) is 0 Å². The normalized spacial score (nSPS) is 9.73. The Bertz CT molecular complexity index is 399. The van der Waals surface area contributed by atoms with Crippen LogP contribution in [-0.2, 0) is 11.2 Å². The highest BCUT2D eigenvalue weighted by atomic mass is 35.5. The highest BCUT2D eigenvalue weighted by Crippen LogP contribution is 2.32. The molecule has 80 valence electrons. The molecular weight excluding hydrogens is 216 g/mol. The summed E-state index contributed by atoms with van der Waals surface area (Å²) in [6.07, 6.45) is 1.38. The first-order chi connectivity index (χ1) is 7.08. The van der Waals surface area contributed by atoms with Gasteiger partial charge < -0.3 is 9.84 Å². The molecule has 0 radical (unpaired) electrons. The van der Waals surface area contributed by atoms with Gasteiger partial charge in [-0.15, -0.1) is 0 Å². The van der Waals surface area contributed by atoms with Crippen molar-refractivity contribution in [2.45, 2.75) is 6.42 Å². The summed E-state index contributed by atoms with van der Waals surface area (Å²) in [5.74, 6) is 0.119. The van der Waals surface area contributed by atoms with E-state index in [0.29, 0.717) is 16.3 Å². The SMILES string of the molecule is C=CC(=O)Cc1cc(OC)c(O)cc1Cl. The van der Waals surface area contributed by atoms with Crippen LogP contribution in [0.4, 0.5) is 0 Å². The number of ketones is 1. The number of carbonyl (C=O) groups is 1. The van der Waals surface area contributed by atoms with E-state index in [1.807, 2.05) is 0 Å². The molecule has 0 bridgehead atoms. The van der Waals surface area contributed by atoms with Crippen molar-refractivity contribution in [1.29, 1.82) is 0 Å². The van der Waals surface area contributed by atoms with E-state index in [2.05, 4.69) is 6.58 Å². The number of phenols is 1. The molecule has 0 aromatic heterocycles. The van der Waals surface area contributed by atoms with Gasteiger partial charge in [0.1, 0.15) is 0 Å². The summed E-state index contributed by atoms with van der Waals surface area (Å²) in [6.45, 7) is 3.37. The first-order valence-corrected chi connectivity index (χ1v) is 4.67. The maximum absolute atomic E-state index is 11.1. The average molecular weight is 227 g/mol. The lowest BCUT2D eigenvalue weighted by Crippen LogP contribution is -1.99. The fourth-order valence-electron chi connectivity index (χ4n) is 1.14. The minimum absolute atomic E-state index is 0.0442. The molecule has 1 rings (SSSR count). The molecule has 15 heavy (non-hydrogen) atoms. The molecule has 1 aromatic rings. The molecule has 0 atom stereocenters. The third-order valence-corrected chi connectivity index (χ3v) is 2.29. The molecule has 0 heterocycles. The fraction of sp³-hybridized carbons (Fsp3) is 0.182. The third-order valence-electron chi connectivity index (χ3n) is 1.94. The number of phenolic OH excluding ortho intramolecular Hbond substituents is 1. The van der Waals surface area contributed by atoms with E-state index in [4.69, 9.17) is 16.3 Å². The van der Waals surface area contributed by atoms with Crippen LogP contribution in [0.15, 0.2) is 24.8 Å². The summed E-state index contributed by atoms with van der Waals surface area (Å²) in [6, 6.07) is 2.89. The molecule has 1 N–H and O–H groups in total. The van der Waals surface area contributed by atoms with Gasteiger partial charge in [0.15, 0.2) is 17.3 Å². The van der Waals surface area contributed by atoms with E-state index in [9.17, 15) is 9.90 Å². The molecule has 3 nitrogen and oxygen atoms in total. The van der Waals surface area contributed by atoms with Crippen LogP contribution < -0.4 is 4.74 Å². The number of carbonyl (C=O) groups excluding carboxylic acids is 1. The van der Waals surface area contributed by atoms with E-state index < -0.39 is 0 Å². The molecule has 0 amide bonds. The molecule has 0 aliphatic rings. The summed E-state index contributed by atoms with van der Waals surface area (Å²) in [4.78, 5) is 11.1. The number of methoxy groups -OCH3 is 1. The molecule has 0 spiro atoms. The van der Waals surface area contributed by atoms with Crippen molar-refractivity contribution in [1.82, 2.24) is 0 Å². The second-order valence-corrected chi connectivity index (χ2v) is 3.37. The van der Waals surface area contributed by atoms with E-state index in [1.54, 1.807) is 6.07 Å². The number of benzene rings is 1. The van der Waals surface area contributed by atoms with Crippen LogP contribution in [0.1, 0.15) is 5.56 Å². The topological polar surface area (TPSA) is 46.5 Å². The van der Waals surface area contributed by atoms with E-state index in [1.165, 1.54) is 19.3 Å². The average Bonchev–Trinajstić information content (AvgIpc) is 2.21. The minimum atomic E-state index is -0.135. The predicted octanol–water partition coefficient (Wildman–Crippen LogP) is 2.35. The molecule has 1 aromatic carbocycles. The number of rotatable bonds is 4. The molecule has 0 aliphatic carbocycles. The van der Waals surface area contributed by atoms with Crippen molar-refractivity contribution in [3.05, 3.63) is 35.4 Å². The Hall–Kier alpha value is -1.48. The van der Waals surface area contributed by atoms with Gasteiger partial charge in [0.25, 0.3) is 0 Å². The van der Waals surface area contributed by atoms with Crippen molar-refractivity contribution >= 4 is 17.4 Å². The second-order valence-electron chi connectivity index (χ2n) is 2.96. The highest BCUT2D eigenvalue weighted by molar-refractivity contribution is 6.31. The van der Waals surface area contributed by atoms with Crippen molar-refractivity contribution in [3.63, 3.8) is 0 Å².